The summed E-state index contributed by atoms with van der Waals surface area (Å²) in [7, 11) is 0. The molecule has 2 aliphatic carbocycles. The first-order valence-corrected chi connectivity index (χ1v) is 12.6. The summed E-state index contributed by atoms with van der Waals surface area (Å²) >= 11 is 0. The zero-order chi connectivity index (χ0) is 23.6. The van der Waals surface area contributed by atoms with Gasteiger partial charge >= 0.3 is 0 Å². The van der Waals surface area contributed by atoms with Crippen molar-refractivity contribution in [2.24, 2.45) is 5.41 Å². The van der Waals surface area contributed by atoms with Gasteiger partial charge in [-0.3, -0.25) is 0 Å². The van der Waals surface area contributed by atoms with Crippen molar-refractivity contribution in [1.29, 1.82) is 0 Å². The summed E-state index contributed by atoms with van der Waals surface area (Å²) in [5.41, 5.74) is 7.77. The Morgan fingerprint density at radius 2 is 1.53 bits per heavy atom. The van der Waals surface area contributed by atoms with Gasteiger partial charge in [-0.25, -0.2) is 0 Å². The lowest BCUT2D eigenvalue weighted by atomic mass is 9.64. The number of fused-ring (bicyclic) bond motifs is 3. The van der Waals surface area contributed by atoms with Gasteiger partial charge in [0.1, 0.15) is 12.4 Å². The van der Waals surface area contributed by atoms with Crippen molar-refractivity contribution in [3.63, 3.8) is 0 Å². The second-order valence-corrected chi connectivity index (χ2v) is 9.89. The Hall–Kier alpha value is -3.10. The summed E-state index contributed by atoms with van der Waals surface area (Å²) in [4.78, 5) is 0. The van der Waals surface area contributed by atoms with Crippen molar-refractivity contribution in [3.8, 4) is 16.9 Å². The Morgan fingerprint density at radius 1 is 0.882 bits per heavy atom. The van der Waals surface area contributed by atoms with E-state index >= 15 is 0 Å². The predicted molar refractivity (Wildman–Crippen MR) is 140 cm³/mol. The van der Waals surface area contributed by atoms with Crippen LogP contribution in [0.25, 0.3) is 11.1 Å². The molecular weight excluding hydrogens is 416 g/mol. The number of benzene rings is 3. The summed E-state index contributed by atoms with van der Waals surface area (Å²) in [5, 5.41) is 9.14. The molecule has 0 heterocycles. The van der Waals surface area contributed by atoms with Crippen LogP contribution >= 0.6 is 0 Å². The second kappa shape index (κ2) is 9.27. The smallest absolute Gasteiger partial charge is 0.119 e. The minimum Gasteiger partial charge on any atom is -0.491 e. The first kappa shape index (κ1) is 22.7. The van der Waals surface area contributed by atoms with Crippen LogP contribution in [0.3, 0.4) is 0 Å². The van der Waals surface area contributed by atoms with Crippen LogP contribution in [0.2, 0.25) is 0 Å². The highest BCUT2D eigenvalue weighted by Gasteiger charge is 2.47. The highest BCUT2D eigenvalue weighted by atomic mass is 16.5. The quantitative estimate of drug-likeness (QED) is 0.386. The fourth-order valence-corrected chi connectivity index (χ4v) is 5.80. The van der Waals surface area contributed by atoms with E-state index < -0.39 is 0 Å². The highest BCUT2D eigenvalue weighted by Crippen LogP contribution is 2.57. The molecule has 174 valence electrons. The molecule has 34 heavy (non-hydrogen) atoms. The molecule has 1 N–H and O–H groups in total. The van der Waals surface area contributed by atoms with Crippen molar-refractivity contribution >= 4 is 0 Å². The van der Waals surface area contributed by atoms with Gasteiger partial charge in [0, 0.05) is 0 Å². The van der Waals surface area contributed by atoms with E-state index in [0.717, 1.165) is 12.2 Å². The van der Waals surface area contributed by atoms with Gasteiger partial charge in [-0.1, -0.05) is 106 Å². The normalized spacial score (nSPS) is 19.9. The van der Waals surface area contributed by atoms with E-state index in [4.69, 9.17) is 9.84 Å². The predicted octanol–water partition coefficient (Wildman–Crippen LogP) is 7.46. The van der Waals surface area contributed by atoms with Crippen LogP contribution in [0.5, 0.6) is 5.75 Å². The third-order valence-corrected chi connectivity index (χ3v) is 7.59. The molecule has 0 fully saturated rings. The number of hydrogen-bond acceptors (Lipinski definition) is 2. The molecule has 1 unspecified atom stereocenters. The lowest BCUT2D eigenvalue weighted by Gasteiger charge is -2.38. The largest absolute Gasteiger partial charge is 0.491 e. The molecule has 0 bridgehead atoms. The summed E-state index contributed by atoms with van der Waals surface area (Å²) in [6, 6.07) is 26.2. The minimum atomic E-state index is -0.356. The Balaban J connectivity index is 1.68. The minimum absolute atomic E-state index is 0.0148. The molecule has 3 aromatic rings. The maximum absolute atomic E-state index is 9.14. The van der Waals surface area contributed by atoms with Crippen molar-refractivity contribution < 1.29 is 9.84 Å². The van der Waals surface area contributed by atoms with Crippen molar-refractivity contribution in [3.05, 3.63) is 113 Å². The number of hydrogen-bond donors (Lipinski definition) is 1. The van der Waals surface area contributed by atoms with Crippen molar-refractivity contribution in [2.45, 2.75) is 44.9 Å². The Kier molecular flexibility index (Phi) is 6.18. The zero-order valence-electron chi connectivity index (χ0n) is 20.3. The maximum atomic E-state index is 9.14. The van der Waals surface area contributed by atoms with Crippen molar-refractivity contribution in [1.82, 2.24) is 0 Å². The van der Waals surface area contributed by atoms with E-state index in [9.17, 15) is 0 Å². The SMILES string of the molecule is CCCCC1(C)C=CC(C2(c3ccc(OCCO)cc3)c3ccccc3-c3ccccc32)=CC1. The van der Waals surface area contributed by atoms with Crippen LogP contribution in [-0.2, 0) is 5.41 Å². The van der Waals surface area contributed by atoms with Crippen LogP contribution in [-0.4, -0.2) is 18.3 Å². The number of unbranched alkanes of at least 4 members (excludes halogenated alkanes) is 1. The molecule has 1 atom stereocenters. The molecule has 0 amide bonds. The van der Waals surface area contributed by atoms with E-state index in [1.807, 2.05) is 12.1 Å². The summed E-state index contributed by atoms with van der Waals surface area (Å²) in [6.07, 6.45) is 12.1. The third kappa shape index (κ3) is 3.71. The van der Waals surface area contributed by atoms with Crippen LogP contribution in [0.1, 0.15) is 56.2 Å². The molecule has 5 rings (SSSR count). The van der Waals surface area contributed by atoms with Gasteiger partial charge < -0.3 is 9.84 Å². The van der Waals surface area contributed by atoms with Crippen LogP contribution in [0, 0.1) is 5.41 Å². The average Bonchev–Trinajstić information content (AvgIpc) is 3.18. The van der Waals surface area contributed by atoms with Gasteiger partial charge in [0.25, 0.3) is 0 Å². The summed E-state index contributed by atoms with van der Waals surface area (Å²) in [5.74, 6) is 0.785. The first-order chi connectivity index (χ1) is 16.6. The molecule has 2 nitrogen and oxygen atoms in total. The first-order valence-electron chi connectivity index (χ1n) is 12.6. The summed E-state index contributed by atoms with van der Waals surface area (Å²) in [6.45, 7) is 4.98. The van der Waals surface area contributed by atoms with Crippen molar-refractivity contribution in [2.75, 3.05) is 13.2 Å². The number of ether oxygens (including phenoxy) is 1. The molecule has 3 aromatic carbocycles. The summed E-state index contributed by atoms with van der Waals surface area (Å²) < 4.78 is 5.68. The topological polar surface area (TPSA) is 29.5 Å². The molecule has 0 radical (unpaired) electrons. The number of allylic oxidation sites excluding steroid dienone is 4. The third-order valence-electron chi connectivity index (χ3n) is 7.59. The monoisotopic (exact) mass is 450 g/mol. The molecule has 2 heteroatoms. The number of aliphatic hydroxyl groups excluding tert-OH is 1. The molecular formula is C32H34O2. The van der Waals surface area contributed by atoms with Crippen LogP contribution < -0.4 is 4.74 Å². The fourth-order valence-electron chi connectivity index (χ4n) is 5.80. The van der Waals surface area contributed by atoms with E-state index in [0.29, 0.717) is 6.61 Å². The van der Waals surface area contributed by atoms with Gasteiger partial charge in [0.15, 0.2) is 0 Å². The zero-order valence-corrected chi connectivity index (χ0v) is 20.3. The average molecular weight is 451 g/mol. The van der Waals surface area contributed by atoms with E-state index in [-0.39, 0.29) is 17.4 Å². The van der Waals surface area contributed by atoms with Gasteiger partial charge in [-0.05, 0) is 63.8 Å². The van der Waals surface area contributed by atoms with E-state index in [1.54, 1.807) is 0 Å². The maximum Gasteiger partial charge on any atom is 0.119 e. The van der Waals surface area contributed by atoms with Crippen LogP contribution in [0.4, 0.5) is 0 Å². The van der Waals surface area contributed by atoms with Gasteiger partial charge in [-0.2, -0.15) is 0 Å². The van der Waals surface area contributed by atoms with Gasteiger partial charge in [0.05, 0.1) is 12.0 Å². The Bertz CT molecular complexity index is 1170. The van der Waals surface area contributed by atoms with E-state index in [1.165, 1.54) is 52.7 Å². The number of rotatable bonds is 8. The van der Waals surface area contributed by atoms with Gasteiger partial charge in [0.2, 0.25) is 0 Å². The standard InChI is InChI=1S/C32H34O2/c1-3-4-19-31(2)20-17-25(18-21-31)32(24-13-15-26(16-14-24)34-23-22-33)29-11-7-5-9-27(29)28-10-6-8-12-30(28)32/h5-18,20,33H,3-4,19,21-23H2,1-2H3. The highest BCUT2D eigenvalue weighted by molar-refractivity contribution is 5.86. The molecule has 2 aliphatic rings. The second-order valence-electron chi connectivity index (χ2n) is 9.89. The van der Waals surface area contributed by atoms with E-state index in [2.05, 4.69) is 92.7 Å². The molecule has 0 aliphatic heterocycles. The Labute approximate surface area is 203 Å². The van der Waals surface area contributed by atoms with Gasteiger partial charge in [-0.15, -0.1) is 0 Å². The molecule has 0 saturated carbocycles. The molecule has 0 aromatic heterocycles. The lowest BCUT2D eigenvalue weighted by Crippen LogP contribution is -2.31. The Morgan fingerprint density at radius 3 is 2.09 bits per heavy atom. The lowest BCUT2D eigenvalue weighted by molar-refractivity contribution is 0.201. The molecule has 0 spiro atoms. The number of aliphatic hydroxyl groups is 1. The fraction of sp³-hybridized carbons (Fsp3) is 0.312. The van der Waals surface area contributed by atoms with Crippen LogP contribution in [0.15, 0.2) is 96.6 Å². The molecule has 0 saturated heterocycles.